The molecule has 0 saturated heterocycles. The van der Waals surface area contributed by atoms with Crippen molar-refractivity contribution in [2.75, 3.05) is 5.32 Å². The fourth-order valence-electron chi connectivity index (χ4n) is 3.53. The van der Waals surface area contributed by atoms with Crippen molar-refractivity contribution >= 4 is 39.0 Å². The lowest BCUT2D eigenvalue weighted by Crippen LogP contribution is -2.35. The monoisotopic (exact) mass is 413 g/mol. The minimum absolute atomic E-state index is 0.0516. The molecule has 2 aliphatic rings. The van der Waals surface area contributed by atoms with Gasteiger partial charge >= 0.3 is 0 Å². The van der Waals surface area contributed by atoms with Crippen LogP contribution in [0.5, 0.6) is 5.75 Å². The molecule has 1 amide bonds. The van der Waals surface area contributed by atoms with E-state index in [0.717, 1.165) is 25.7 Å². The van der Waals surface area contributed by atoms with Crippen LogP contribution in [0.4, 0.5) is 5.69 Å². The second-order valence-corrected chi connectivity index (χ2v) is 10.1. The number of phenols is 1. The van der Waals surface area contributed by atoms with Crippen molar-refractivity contribution in [2.45, 2.75) is 62.1 Å². The number of anilines is 1. The molecule has 27 heavy (non-hydrogen) atoms. The number of hydrogen-bond donors (Lipinski definition) is 3. The summed E-state index contributed by atoms with van der Waals surface area (Å²) in [5.41, 5.74) is 0.127. The number of halogens is 1. The predicted molar refractivity (Wildman–Crippen MR) is 105 cm³/mol. The number of benzene rings is 1. The molecule has 1 fully saturated rings. The molecular weight excluding hydrogens is 390 g/mol. The molecular formula is C18H24ClN3O4S. The van der Waals surface area contributed by atoms with Crippen LogP contribution in [0.1, 0.15) is 46.0 Å². The summed E-state index contributed by atoms with van der Waals surface area (Å²) in [5, 5.41) is 15.2. The van der Waals surface area contributed by atoms with E-state index in [1.807, 2.05) is 0 Å². The SMILES string of the molecule is CC(C)S(=O)(=O)c1c(Cl)ccc(NC2=N[C@H](C3CCCCC3)C(=O)N2)c1O. The highest BCUT2D eigenvalue weighted by molar-refractivity contribution is 7.92. The van der Waals surface area contributed by atoms with E-state index in [1.165, 1.54) is 32.4 Å². The lowest BCUT2D eigenvalue weighted by Gasteiger charge is -2.23. The largest absolute Gasteiger partial charge is 0.504 e. The molecule has 7 nitrogen and oxygen atoms in total. The van der Waals surface area contributed by atoms with Gasteiger partial charge in [-0.2, -0.15) is 0 Å². The van der Waals surface area contributed by atoms with Crippen LogP contribution in [0.2, 0.25) is 5.02 Å². The molecule has 0 radical (unpaired) electrons. The highest BCUT2D eigenvalue weighted by Crippen LogP contribution is 2.39. The Balaban J connectivity index is 1.87. The van der Waals surface area contributed by atoms with Crippen LogP contribution >= 0.6 is 11.6 Å². The van der Waals surface area contributed by atoms with Gasteiger partial charge in [-0.1, -0.05) is 30.9 Å². The first-order valence-corrected chi connectivity index (χ1v) is 11.0. The molecule has 1 heterocycles. The minimum atomic E-state index is -3.78. The van der Waals surface area contributed by atoms with Crippen LogP contribution in [-0.4, -0.2) is 36.7 Å². The Morgan fingerprint density at radius 3 is 2.56 bits per heavy atom. The van der Waals surface area contributed by atoms with Gasteiger partial charge in [-0.25, -0.2) is 13.4 Å². The third-order valence-corrected chi connectivity index (χ3v) is 7.77. The summed E-state index contributed by atoms with van der Waals surface area (Å²) in [6.45, 7) is 3.03. The van der Waals surface area contributed by atoms with Crippen molar-refractivity contribution < 1.29 is 18.3 Å². The lowest BCUT2D eigenvalue weighted by molar-refractivity contribution is -0.121. The average molecular weight is 414 g/mol. The molecule has 1 aliphatic carbocycles. The Bertz CT molecular complexity index is 877. The van der Waals surface area contributed by atoms with Crippen LogP contribution in [0.15, 0.2) is 22.0 Å². The van der Waals surface area contributed by atoms with Crippen LogP contribution in [0, 0.1) is 5.92 Å². The summed E-state index contributed by atoms with van der Waals surface area (Å²) in [6.07, 6.45) is 5.32. The number of amides is 1. The van der Waals surface area contributed by atoms with Gasteiger partial charge in [0, 0.05) is 0 Å². The molecule has 0 aromatic heterocycles. The van der Waals surface area contributed by atoms with Gasteiger partial charge < -0.3 is 10.4 Å². The maximum absolute atomic E-state index is 12.5. The zero-order valence-electron chi connectivity index (χ0n) is 15.3. The molecule has 1 aromatic carbocycles. The minimum Gasteiger partial charge on any atom is -0.504 e. The van der Waals surface area contributed by atoms with Gasteiger partial charge in [0.2, 0.25) is 5.96 Å². The highest BCUT2D eigenvalue weighted by Gasteiger charge is 2.35. The Morgan fingerprint density at radius 2 is 1.93 bits per heavy atom. The van der Waals surface area contributed by atoms with Crippen LogP contribution < -0.4 is 10.6 Å². The van der Waals surface area contributed by atoms with E-state index in [0.29, 0.717) is 0 Å². The molecule has 1 atom stereocenters. The van der Waals surface area contributed by atoms with Crippen LogP contribution in [0.3, 0.4) is 0 Å². The number of rotatable bonds is 4. The summed E-state index contributed by atoms with van der Waals surface area (Å²) >= 11 is 6.03. The van der Waals surface area contributed by atoms with Gasteiger partial charge in [0.25, 0.3) is 5.91 Å². The van der Waals surface area contributed by atoms with E-state index in [-0.39, 0.29) is 33.4 Å². The molecule has 3 N–H and O–H groups in total. The quantitative estimate of drug-likeness (QED) is 0.657. The molecule has 1 aromatic rings. The first-order chi connectivity index (χ1) is 12.7. The normalized spacial score (nSPS) is 21.3. The number of hydrogen-bond acceptors (Lipinski definition) is 6. The van der Waals surface area contributed by atoms with Crippen molar-refractivity contribution in [3.05, 3.63) is 17.2 Å². The van der Waals surface area contributed by atoms with E-state index in [2.05, 4.69) is 15.6 Å². The summed E-state index contributed by atoms with van der Waals surface area (Å²) in [4.78, 5) is 16.4. The van der Waals surface area contributed by atoms with Gasteiger partial charge in [-0.15, -0.1) is 0 Å². The smallest absolute Gasteiger partial charge is 0.251 e. The van der Waals surface area contributed by atoms with E-state index in [9.17, 15) is 18.3 Å². The number of carbonyl (C=O) groups excluding carboxylic acids is 1. The van der Waals surface area contributed by atoms with E-state index < -0.39 is 26.9 Å². The maximum Gasteiger partial charge on any atom is 0.251 e. The number of sulfone groups is 1. The van der Waals surface area contributed by atoms with Gasteiger partial charge in [0.05, 0.1) is 16.0 Å². The van der Waals surface area contributed by atoms with Gasteiger partial charge in [0.15, 0.2) is 15.6 Å². The van der Waals surface area contributed by atoms with Gasteiger partial charge in [-0.05, 0) is 44.7 Å². The second kappa shape index (κ2) is 7.67. The van der Waals surface area contributed by atoms with Crippen molar-refractivity contribution in [3.8, 4) is 5.75 Å². The predicted octanol–water partition coefficient (Wildman–Crippen LogP) is 3.07. The van der Waals surface area contributed by atoms with Crippen molar-refractivity contribution in [1.29, 1.82) is 0 Å². The number of aliphatic imine (C=N–C) groups is 1. The van der Waals surface area contributed by atoms with E-state index in [4.69, 9.17) is 11.6 Å². The topological polar surface area (TPSA) is 108 Å². The Morgan fingerprint density at radius 1 is 1.26 bits per heavy atom. The Hall–Kier alpha value is -1.80. The first-order valence-electron chi connectivity index (χ1n) is 9.13. The molecule has 0 unspecified atom stereocenters. The molecule has 3 rings (SSSR count). The van der Waals surface area contributed by atoms with Crippen molar-refractivity contribution in [3.63, 3.8) is 0 Å². The molecule has 0 bridgehead atoms. The highest BCUT2D eigenvalue weighted by atomic mass is 35.5. The number of phenolic OH excluding ortho intramolecular Hbond substituents is 1. The van der Waals surface area contributed by atoms with Crippen molar-refractivity contribution in [2.24, 2.45) is 10.9 Å². The molecule has 0 spiro atoms. The van der Waals surface area contributed by atoms with Crippen LogP contribution in [0.25, 0.3) is 0 Å². The zero-order valence-corrected chi connectivity index (χ0v) is 16.9. The third kappa shape index (κ3) is 3.91. The Kier molecular flexibility index (Phi) is 5.67. The number of carbonyl (C=O) groups is 1. The maximum atomic E-state index is 12.5. The fraction of sp³-hybridized carbons (Fsp3) is 0.556. The summed E-state index contributed by atoms with van der Waals surface area (Å²) in [5.74, 6) is -0.225. The standard InChI is InChI=1S/C18H24ClN3O4S/c1-10(2)27(25,26)16-12(19)8-9-13(15(16)23)20-18-21-14(17(24)22-18)11-6-4-3-5-7-11/h8-11,14,23H,3-7H2,1-2H3,(H2,20,21,22,24)/t14-/m1/s1. The molecule has 148 valence electrons. The Labute approximate surface area is 164 Å². The summed E-state index contributed by atoms with van der Waals surface area (Å²) in [7, 11) is -3.78. The lowest BCUT2D eigenvalue weighted by atomic mass is 9.84. The number of guanidine groups is 1. The number of nitrogens with zero attached hydrogens (tertiary/aromatic N) is 1. The molecule has 9 heteroatoms. The zero-order chi connectivity index (χ0) is 19.8. The fourth-order valence-corrected chi connectivity index (χ4v) is 5.20. The van der Waals surface area contributed by atoms with Gasteiger partial charge in [0.1, 0.15) is 10.9 Å². The van der Waals surface area contributed by atoms with Crippen LogP contribution in [-0.2, 0) is 14.6 Å². The van der Waals surface area contributed by atoms with Gasteiger partial charge in [-0.3, -0.25) is 10.1 Å². The molecule has 1 saturated carbocycles. The number of aromatic hydroxyl groups is 1. The van der Waals surface area contributed by atoms with E-state index >= 15 is 0 Å². The average Bonchev–Trinajstić information content (AvgIpc) is 2.98. The first kappa shape index (κ1) is 19.9. The summed E-state index contributed by atoms with van der Waals surface area (Å²) < 4.78 is 25.0. The second-order valence-electron chi connectivity index (χ2n) is 7.30. The number of nitrogens with one attached hydrogen (secondary N) is 2. The van der Waals surface area contributed by atoms with Crippen molar-refractivity contribution in [1.82, 2.24) is 5.32 Å². The van der Waals surface area contributed by atoms with E-state index in [1.54, 1.807) is 0 Å². The molecule has 1 aliphatic heterocycles. The summed E-state index contributed by atoms with van der Waals surface area (Å²) in [6, 6.07) is 2.41. The third-order valence-electron chi connectivity index (χ3n) is 5.12.